The van der Waals surface area contributed by atoms with E-state index < -0.39 is 5.97 Å². The second-order valence-corrected chi connectivity index (χ2v) is 7.80. The molecule has 154 valence electrons. The molecule has 0 amide bonds. The lowest BCUT2D eigenvalue weighted by atomic mass is 10.0. The first kappa shape index (κ1) is 18.8. The highest BCUT2D eigenvalue weighted by molar-refractivity contribution is 6.03. The SMILES string of the molecule is Cc1nc2c(C(=O)O)cc(N3CCOCC3)cc2n1CC1=c2ncccc2=CCC1. The number of imidazole rings is 1. The van der Waals surface area contributed by atoms with Crippen LogP contribution in [0.2, 0.25) is 0 Å². The summed E-state index contributed by atoms with van der Waals surface area (Å²) in [5.74, 6) is -0.141. The number of carboxylic acids is 1. The number of aryl methyl sites for hydroxylation is 1. The number of rotatable bonds is 4. The van der Waals surface area contributed by atoms with Gasteiger partial charge in [-0.25, -0.2) is 9.78 Å². The number of pyridine rings is 1. The van der Waals surface area contributed by atoms with Gasteiger partial charge in [0, 0.05) is 31.5 Å². The molecule has 0 saturated carbocycles. The highest BCUT2D eigenvalue weighted by atomic mass is 16.5. The van der Waals surface area contributed by atoms with Crippen LogP contribution in [0.5, 0.6) is 0 Å². The molecule has 7 heteroatoms. The first-order valence-corrected chi connectivity index (χ1v) is 10.3. The van der Waals surface area contributed by atoms with Gasteiger partial charge >= 0.3 is 5.97 Å². The lowest BCUT2D eigenvalue weighted by molar-refractivity contribution is 0.0699. The topological polar surface area (TPSA) is 80.5 Å². The van der Waals surface area contributed by atoms with Crippen LogP contribution in [0, 0.1) is 6.92 Å². The second kappa shape index (κ2) is 7.57. The molecular weight excluding hydrogens is 380 g/mol. The molecule has 0 radical (unpaired) electrons. The standard InChI is InChI=1S/C23H24N4O3/c1-15-25-22-19(23(28)29)12-18(26-8-10-30-11-9-26)13-20(22)27(15)14-17-5-2-4-16-6-3-7-24-21(16)17/h3-4,6-7,12-13H,2,5,8-11,14H2,1H3,(H,28,29). The summed E-state index contributed by atoms with van der Waals surface area (Å²) in [5.41, 5.74) is 3.81. The Bertz CT molecular complexity index is 1260. The molecule has 1 fully saturated rings. The van der Waals surface area contributed by atoms with Crippen molar-refractivity contribution in [2.75, 3.05) is 31.2 Å². The maximum atomic E-state index is 12.0. The molecule has 30 heavy (non-hydrogen) atoms. The van der Waals surface area contributed by atoms with Crippen LogP contribution in [-0.4, -0.2) is 51.9 Å². The Morgan fingerprint density at radius 1 is 1.27 bits per heavy atom. The number of hydrogen-bond donors (Lipinski definition) is 1. The zero-order valence-corrected chi connectivity index (χ0v) is 17.0. The molecule has 0 spiro atoms. The number of aromatic nitrogens is 3. The summed E-state index contributed by atoms with van der Waals surface area (Å²) in [7, 11) is 0. The van der Waals surface area contributed by atoms with E-state index in [1.807, 2.05) is 19.2 Å². The minimum absolute atomic E-state index is 0.247. The lowest BCUT2D eigenvalue weighted by Crippen LogP contribution is -2.36. The number of morpholine rings is 1. The van der Waals surface area contributed by atoms with Crippen molar-refractivity contribution in [1.29, 1.82) is 0 Å². The largest absolute Gasteiger partial charge is 0.478 e. The van der Waals surface area contributed by atoms with E-state index in [1.54, 1.807) is 6.07 Å². The summed E-state index contributed by atoms with van der Waals surface area (Å²) in [5, 5.41) is 12.0. The van der Waals surface area contributed by atoms with Gasteiger partial charge in [0.2, 0.25) is 0 Å². The van der Waals surface area contributed by atoms with Gasteiger partial charge in [-0.1, -0.05) is 12.1 Å². The van der Waals surface area contributed by atoms with Crippen molar-refractivity contribution >= 4 is 34.3 Å². The van der Waals surface area contributed by atoms with Crippen LogP contribution in [0.15, 0.2) is 30.5 Å². The van der Waals surface area contributed by atoms with Crippen molar-refractivity contribution < 1.29 is 14.6 Å². The first-order chi connectivity index (χ1) is 14.6. The van der Waals surface area contributed by atoms with E-state index in [2.05, 4.69) is 37.6 Å². The molecule has 3 aromatic rings. The third kappa shape index (κ3) is 3.25. The molecule has 1 aliphatic carbocycles. The molecular formula is C23H24N4O3. The smallest absolute Gasteiger partial charge is 0.338 e. The minimum atomic E-state index is -0.952. The monoisotopic (exact) mass is 404 g/mol. The number of benzene rings is 1. The van der Waals surface area contributed by atoms with Gasteiger partial charge in [0.05, 0.1) is 29.6 Å². The van der Waals surface area contributed by atoms with Gasteiger partial charge in [-0.3, -0.25) is 4.98 Å². The molecule has 0 unspecified atom stereocenters. The summed E-state index contributed by atoms with van der Waals surface area (Å²) in [6.45, 7) is 5.40. The summed E-state index contributed by atoms with van der Waals surface area (Å²) < 4.78 is 7.59. The number of hydrogen-bond acceptors (Lipinski definition) is 5. The van der Waals surface area contributed by atoms with Crippen LogP contribution >= 0.6 is 0 Å². The van der Waals surface area contributed by atoms with E-state index >= 15 is 0 Å². The van der Waals surface area contributed by atoms with E-state index in [9.17, 15) is 9.90 Å². The van der Waals surface area contributed by atoms with Crippen molar-refractivity contribution in [3.05, 3.63) is 52.4 Å². The van der Waals surface area contributed by atoms with Gasteiger partial charge in [0.1, 0.15) is 11.3 Å². The Labute approximate surface area is 173 Å². The van der Waals surface area contributed by atoms with E-state index in [0.29, 0.717) is 25.3 Å². The summed E-state index contributed by atoms with van der Waals surface area (Å²) >= 11 is 0. The van der Waals surface area contributed by atoms with E-state index in [4.69, 9.17) is 4.74 Å². The third-order valence-corrected chi connectivity index (χ3v) is 5.97. The minimum Gasteiger partial charge on any atom is -0.478 e. The first-order valence-electron chi connectivity index (χ1n) is 10.3. The zero-order chi connectivity index (χ0) is 20.7. The quantitative estimate of drug-likeness (QED) is 0.713. The maximum absolute atomic E-state index is 12.0. The van der Waals surface area contributed by atoms with Crippen LogP contribution in [0.4, 0.5) is 5.69 Å². The Balaban J connectivity index is 1.67. The highest BCUT2D eigenvalue weighted by Gasteiger charge is 2.21. The van der Waals surface area contributed by atoms with Crippen LogP contribution in [-0.2, 0) is 11.3 Å². The molecule has 1 aromatic carbocycles. The van der Waals surface area contributed by atoms with Crippen molar-refractivity contribution in [2.45, 2.75) is 26.3 Å². The summed E-state index contributed by atoms with van der Waals surface area (Å²) in [6, 6.07) is 7.87. The van der Waals surface area contributed by atoms with Crippen molar-refractivity contribution in [2.24, 2.45) is 0 Å². The number of ether oxygens (including phenoxy) is 1. The van der Waals surface area contributed by atoms with Crippen LogP contribution < -0.4 is 15.5 Å². The molecule has 3 heterocycles. The summed E-state index contributed by atoms with van der Waals surface area (Å²) in [4.78, 5) is 23.4. The van der Waals surface area contributed by atoms with Crippen molar-refractivity contribution in [1.82, 2.24) is 14.5 Å². The second-order valence-electron chi connectivity index (χ2n) is 7.80. The molecule has 0 atom stereocenters. The van der Waals surface area contributed by atoms with Crippen LogP contribution in [0.1, 0.15) is 29.0 Å². The van der Waals surface area contributed by atoms with Gasteiger partial charge in [0.25, 0.3) is 0 Å². The fourth-order valence-corrected chi connectivity index (χ4v) is 4.43. The summed E-state index contributed by atoms with van der Waals surface area (Å²) in [6.07, 6.45) is 5.98. The number of anilines is 1. The van der Waals surface area contributed by atoms with Crippen LogP contribution in [0.25, 0.3) is 22.7 Å². The van der Waals surface area contributed by atoms with E-state index in [1.165, 1.54) is 10.8 Å². The predicted molar refractivity (Wildman–Crippen MR) is 115 cm³/mol. The molecule has 7 nitrogen and oxygen atoms in total. The number of nitrogens with zero attached hydrogens (tertiary/aromatic N) is 4. The molecule has 2 aromatic heterocycles. The average molecular weight is 404 g/mol. The fourth-order valence-electron chi connectivity index (χ4n) is 4.43. The molecule has 1 saturated heterocycles. The predicted octanol–water partition coefficient (Wildman–Crippen LogP) is 1.70. The molecule has 2 aliphatic rings. The number of aromatic carboxylic acids is 1. The molecule has 5 rings (SSSR count). The van der Waals surface area contributed by atoms with Gasteiger partial charge < -0.3 is 19.3 Å². The Morgan fingerprint density at radius 3 is 2.90 bits per heavy atom. The molecule has 1 N–H and O–H groups in total. The normalized spacial score (nSPS) is 16.4. The van der Waals surface area contributed by atoms with Gasteiger partial charge in [-0.2, -0.15) is 0 Å². The average Bonchev–Trinajstić information content (AvgIpc) is 3.09. The number of carbonyl (C=O) groups is 1. The van der Waals surface area contributed by atoms with Crippen LogP contribution in [0.3, 0.4) is 0 Å². The fraction of sp³-hybridized carbons (Fsp3) is 0.348. The molecule has 1 aliphatic heterocycles. The van der Waals surface area contributed by atoms with Crippen molar-refractivity contribution in [3.8, 4) is 0 Å². The highest BCUT2D eigenvalue weighted by Crippen LogP contribution is 2.29. The van der Waals surface area contributed by atoms with Crippen molar-refractivity contribution in [3.63, 3.8) is 0 Å². The van der Waals surface area contributed by atoms with E-state index in [0.717, 1.165) is 48.3 Å². The Hall–Kier alpha value is -3.19. The van der Waals surface area contributed by atoms with Gasteiger partial charge in [-0.05, 0) is 48.8 Å². The lowest BCUT2D eigenvalue weighted by Gasteiger charge is -2.29. The third-order valence-electron chi connectivity index (χ3n) is 5.97. The Kier molecular flexibility index (Phi) is 4.75. The maximum Gasteiger partial charge on any atom is 0.338 e. The molecule has 0 bridgehead atoms. The van der Waals surface area contributed by atoms with Gasteiger partial charge in [0.15, 0.2) is 0 Å². The van der Waals surface area contributed by atoms with E-state index in [-0.39, 0.29) is 5.56 Å². The number of fused-ring (bicyclic) bond motifs is 2. The van der Waals surface area contributed by atoms with Gasteiger partial charge in [-0.15, -0.1) is 0 Å². The number of carboxylic acid groups (broad SMARTS) is 1. The Morgan fingerprint density at radius 2 is 2.10 bits per heavy atom. The zero-order valence-electron chi connectivity index (χ0n) is 17.0.